The second kappa shape index (κ2) is 11.3. The summed E-state index contributed by atoms with van der Waals surface area (Å²) in [5.41, 5.74) is -0.431. The van der Waals surface area contributed by atoms with Gasteiger partial charge in [-0.1, -0.05) is 27.7 Å². The molecule has 2 rings (SSSR count). The highest BCUT2D eigenvalue weighted by Gasteiger charge is 2.22. The Morgan fingerprint density at radius 3 is 2.27 bits per heavy atom. The number of pyridine rings is 1. The number of amides is 2. The molecule has 7 nitrogen and oxygen atoms in total. The Morgan fingerprint density at radius 2 is 1.70 bits per heavy atom. The molecule has 30 heavy (non-hydrogen) atoms. The minimum Gasteiger partial charge on any atom is -0.352 e. The molecule has 1 fully saturated rings. The van der Waals surface area contributed by atoms with E-state index < -0.39 is 17.2 Å². The third kappa shape index (κ3) is 7.27. The van der Waals surface area contributed by atoms with Crippen LogP contribution in [-0.2, 0) is 6.54 Å². The van der Waals surface area contributed by atoms with E-state index in [-0.39, 0.29) is 17.0 Å². The zero-order chi connectivity index (χ0) is 22.3. The number of aryl methyl sites for hydroxylation is 1. The molecule has 0 saturated carbocycles. The van der Waals surface area contributed by atoms with Crippen LogP contribution in [0.25, 0.3) is 0 Å². The molecular weight excluding hydrogens is 380 g/mol. The Balaban J connectivity index is 2.21. The summed E-state index contributed by atoms with van der Waals surface area (Å²) in [5, 5.41) is 5.72. The van der Waals surface area contributed by atoms with Crippen molar-refractivity contribution < 1.29 is 9.59 Å². The minimum absolute atomic E-state index is 0.0319. The van der Waals surface area contributed by atoms with Gasteiger partial charge in [-0.05, 0) is 50.6 Å². The van der Waals surface area contributed by atoms with Crippen LogP contribution in [0.15, 0.2) is 17.2 Å². The highest BCUT2D eigenvalue weighted by atomic mass is 16.2. The first-order valence-electron chi connectivity index (χ1n) is 11.2. The maximum absolute atomic E-state index is 12.9. The zero-order valence-corrected chi connectivity index (χ0v) is 19.2. The van der Waals surface area contributed by atoms with Crippen LogP contribution in [0.4, 0.5) is 0 Å². The molecule has 1 aliphatic heterocycles. The number of aromatic nitrogens is 1. The number of carbonyl (C=O) groups excluding carboxylic acids is 2. The fraction of sp³-hybridized carbons (Fsp3) is 0.696. The summed E-state index contributed by atoms with van der Waals surface area (Å²) in [6.45, 7) is 11.9. The van der Waals surface area contributed by atoms with Gasteiger partial charge in [0.25, 0.3) is 11.8 Å². The van der Waals surface area contributed by atoms with E-state index in [9.17, 15) is 14.4 Å². The molecule has 1 aromatic rings. The molecule has 168 valence electrons. The van der Waals surface area contributed by atoms with Gasteiger partial charge in [0, 0.05) is 38.6 Å². The largest absolute Gasteiger partial charge is 0.352 e. The molecule has 0 bridgehead atoms. The highest BCUT2D eigenvalue weighted by Crippen LogP contribution is 2.14. The molecule has 0 aromatic carbocycles. The first kappa shape index (κ1) is 24.1. The van der Waals surface area contributed by atoms with Crippen molar-refractivity contribution >= 4 is 11.8 Å². The van der Waals surface area contributed by atoms with E-state index in [2.05, 4.69) is 36.4 Å². The molecule has 1 aliphatic rings. The van der Waals surface area contributed by atoms with E-state index >= 15 is 0 Å². The fourth-order valence-electron chi connectivity index (χ4n) is 3.66. The molecule has 2 amide bonds. The number of nitrogens with one attached hydrogen (secondary N) is 2. The lowest BCUT2D eigenvalue weighted by Gasteiger charge is -2.29. The van der Waals surface area contributed by atoms with Gasteiger partial charge in [0.05, 0.1) is 0 Å². The van der Waals surface area contributed by atoms with Crippen LogP contribution >= 0.6 is 0 Å². The smallest absolute Gasteiger partial charge is 0.256 e. The van der Waals surface area contributed by atoms with Crippen molar-refractivity contribution in [3.8, 4) is 0 Å². The van der Waals surface area contributed by atoms with Gasteiger partial charge < -0.3 is 20.1 Å². The molecule has 1 unspecified atom stereocenters. The predicted octanol–water partition coefficient (Wildman–Crippen LogP) is 2.35. The second-order valence-corrected chi connectivity index (χ2v) is 9.42. The van der Waals surface area contributed by atoms with Crippen LogP contribution in [-0.4, -0.2) is 54.5 Å². The number of hydrogen-bond donors (Lipinski definition) is 2. The summed E-state index contributed by atoms with van der Waals surface area (Å²) in [6, 6.07) is 0. The number of nitrogens with zero attached hydrogens (tertiary/aromatic N) is 2. The number of carbonyl (C=O) groups is 2. The molecule has 0 spiro atoms. The van der Waals surface area contributed by atoms with Gasteiger partial charge in [-0.15, -0.1) is 0 Å². The van der Waals surface area contributed by atoms with E-state index in [1.165, 1.54) is 0 Å². The number of rotatable bonds is 9. The van der Waals surface area contributed by atoms with Crippen molar-refractivity contribution in [3.05, 3.63) is 33.7 Å². The quantitative estimate of drug-likeness (QED) is 0.645. The molecule has 1 aromatic heterocycles. The molecule has 0 aliphatic carbocycles. The van der Waals surface area contributed by atoms with Gasteiger partial charge in [0.15, 0.2) is 0 Å². The lowest BCUT2D eigenvalue weighted by atomic mass is 9.98. The summed E-state index contributed by atoms with van der Waals surface area (Å²) in [4.78, 5) is 40.7. The SMILES string of the molecule is CC(C)CCn1cc(C(=O)NCC(C)C)c(=O)c(C(=O)NCC2CCCN(C)C2)c1. The van der Waals surface area contributed by atoms with E-state index in [1.54, 1.807) is 17.0 Å². The zero-order valence-electron chi connectivity index (χ0n) is 19.2. The second-order valence-electron chi connectivity index (χ2n) is 9.42. The average molecular weight is 419 g/mol. The molecule has 2 heterocycles. The normalized spacial score (nSPS) is 17.4. The Morgan fingerprint density at radius 1 is 1.07 bits per heavy atom. The predicted molar refractivity (Wildman–Crippen MR) is 120 cm³/mol. The molecule has 7 heteroatoms. The summed E-state index contributed by atoms with van der Waals surface area (Å²) in [5.74, 6) is 0.314. The summed E-state index contributed by atoms with van der Waals surface area (Å²) < 4.78 is 1.80. The molecule has 0 radical (unpaired) electrons. The third-order valence-electron chi connectivity index (χ3n) is 5.48. The molecule has 1 atom stereocenters. The Kier molecular flexibility index (Phi) is 9.08. The van der Waals surface area contributed by atoms with Crippen molar-refractivity contribution in [1.82, 2.24) is 20.1 Å². The van der Waals surface area contributed by atoms with Gasteiger partial charge in [0.2, 0.25) is 5.43 Å². The highest BCUT2D eigenvalue weighted by molar-refractivity contribution is 5.99. The summed E-state index contributed by atoms with van der Waals surface area (Å²) in [6.07, 6.45) is 6.25. The fourth-order valence-corrected chi connectivity index (χ4v) is 3.66. The number of piperidine rings is 1. The Bertz CT molecular complexity index is 785. The molecule has 2 N–H and O–H groups in total. The Labute approximate surface area is 180 Å². The Hall–Kier alpha value is -2.15. The maximum atomic E-state index is 12.9. The van der Waals surface area contributed by atoms with E-state index in [4.69, 9.17) is 0 Å². The van der Waals surface area contributed by atoms with Gasteiger partial charge in [-0.3, -0.25) is 14.4 Å². The number of hydrogen-bond acceptors (Lipinski definition) is 4. The van der Waals surface area contributed by atoms with Gasteiger partial charge in [0.1, 0.15) is 11.1 Å². The van der Waals surface area contributed by atoms with E-state index in [0.29, 0.717) is 31.5 Å². The lowest BCUT2D eigenvalue weighted by molar-refractivity contribution is 0.0934. The van der Waals surface area contributed by atoms with Crippen LogP contribution in [0.5, 0.6) is 0 Å². The van der Waals surface area contributed by atoms with E-state index in [0.717, 1.165) is 32.4 Å². The minimum atomic E-state index is -0.504. The van der Waals surface area contributed by atoms with Crippen LogP contribution < -0.4 is 16.1 Å². The topological polar surface area (TPSA) is 83.4 Å². The summed E-state index contributed by atoms with van der Waals surface area (Å²) >= 11 is 0. The average Bonchev–Trinajstić information content (AvgIpc) is 2.69. The van der Waals surface area contributed by atoms with Crippen LogP contribution in [0.2, 0.25) is 0 Å². The first-order chi connectivity index (χ1) is 14.2. The van der Waals surface area contributed by atoms with Crippen molar-refractivity contribution in [3.63, 3.8) is 0 Å². The van der Waals surface area contributed by atoms with E-state index in [1.807, 2.05) is 13.8 Å². The third-order valence-corrected chi connectivity index (χ3v) is 5.48. The van der Waals surface area contributed by atoms with Crippen molar-refractivity contribution in [2.24, 2.45) is 17.8 Å². The standard InChI is InChI=1S/C23H38N4O3/c1-16(2)8-10-27-14-19(22(29)24-11-17(3)4)21(28)20(15-27)23(30)25-12-18-7-6-9-26(5)13-18/h14-18H,6-13H2,1-5H3,(H,24,29)(H,25,30). The van der Waals surface area contributed by atoms with Gasteiger partial charge >= 0.3 is 0 Å². The van der Waals surface area contributed by atoms with Gasteiger partial charge in [-0.2, -0.15) is 0 Å². The number of likely N-dealkylation sites (tertiary alicyclic amines) is 1. The van der Waals surface area contributed by atoms with Crippen molar-refractivity contribution in [2.75, 3.05) is 33.2 Å². The first-order valence-corrected chi connectivity index (χ1v) is 11.2. The van der Waals surface area contributed by atoms with Gasteiger partial charge in [-0.25, -0.2) is 0 Å². The van der Waals surface area contributed by atoms with Crippen LogP contribution in [0.3, 0.4) is 0 Å². The molecule has 1 saturated heterocycles. The van der Waals surface area contributed by atoms with Crippen molar-refractivity contribution in [2.45, 2.75) is 53.5 Å². The maximum Gasteiger partial charge on any atom is 0.256 e. The lowest BCUT2D eigenvalue weighted by Crippen LogP contribution is -2.41. The van der Waals surface area contributed by atoms with Crippen molar-refractivity contribution in [1.29, 1.82) is 0 Å². The monoisotopic (exact) mass is 418 g/mol. The van der Waals surface area contributed by atoms with Crippen LogP contribution in [0, 0.1) is 17.8 Å². The summed E-state index contributed by atoms with van der Waals surface area (Å²) in [7, 11) is 2.08. The molecular formula is C23H38N4O3. The van der Waals surface area contributed by atoms with Crippen LogP contribution in [0.1, 0.15) is 67.7 Å².